The minimum Gasteiger partial charge on any atom is -0.462 e. The molecule has 1 unspecified atom stereocenters. The van der Waals surface area contributed by atoms with Crippen LogP contribution in [-0.4, -0.2) is 37.2 Å². The molecule has 0 aliphatic heterocycles. The van der Waals surface area contributed by atoms with Gasteiger partial charge in [-0.15, -0.1) is 0 Å². The number of hydrogen-bond acceptors (Lipinski definition) is 6. The van der Waals surface area contributed by atoms with Crippen LogP contribution in [0.4, 0.5) is 0 Å². The monoisotopic (exact) mass is 1110 g/mol. The van der Waals surface area contributed by atoms with Gasteiger partial charge in [-0.1, -0.05) is 284 Å². The van der Waals surface area contributed by atoms with Crippen LogP contribution in [0.3, 0.4) is 0 Å². The average molecular weight is 1110 g/mol. The Balaban J connectivity index is 4.36. The maximum Gasteiger partial charge on any atom is 0.306 e. The standard InChI is InChI=1S/C74H126O6/c1-4-7-10-13-16-19-22-25-28-31-33-34-35-36-37-38-39-40-42-43-46-49-52-55-58-61-64-67-73(76)79-70-71(69-78-72(75)66-63-60-57-54-51-48-45-30-27-24-21-18-15-12-9-6-3)80-74(77)68-65-62-59-56-53-50-47-44-41-32-29-26-23-20-17-14-11-8-5-2/h8,11,17,20-22,24-26,29-31,33,35-36,41,44-45,71H,4-7,9-10,12-16,18-19,23,27-28,32,34,37-40,42-43,46-70H2,1-3H3/b11-8-,20-17-,24-21-,25-22-,29-26-,33-31-,36-35-,44-41-,45-30-. The number of rotatable bonds is 61. The minimum atomic E-state index is -0.796. The van der Waals surface area contributed by atoms with E-state index in [9.17, 15) is 14.4 Å². The summed E-state index contributed by atoms with van der Waals surface area (Å²) in [6.45, 7) is 6.50. The first-order valence-electron chi connectivity index (χ1n) is 33.9. The zero-order valence-electron chi connectivity index (χ0n) is 52.6. The van der Waals surface area contributed by atoms with Gasteiger partial charge in [-0.05, 0) is 128 Å². The van der Waals surface area contributed by atoms with Gasteiger partial charge in [-0.2, -0.15) is 0 Å². The molecule has 0 bridgehead atoms. The van der Waals surface area contributed by atoms with Crippen LogP contribution < -0.4 is 0 Å². The molecule has 6 heteroatoms. The van der Waals surface area contributed by atoms with E-state index in [0.717, 1.165) is 135 Å². The van der Waals surface area contributed by atoms with Crippen LogP contribution in [0.1, 0.15) is 323 Å². The van der Waals surface area contributed by atoms with Crippen LogP contribution in [0.25, 0.3) is 0 Å². The fourth-order valence-corrected chi connectivity index (χ4v) is 9.41. The molecule has 0 fully saturated rings. The molecule has 0 amide bonds. The molecule has 1 atom stereocenters. The lowest BCUT2D eigenvalue weighted by atomic mass is 10.0. The average Bonchev–Trinajstić information content (AvgIpc) is 3.46. The van der Waals surface area contributed by atoms with Gasteiger partial charge in [0.25, 0.3) is 0 Å². The van der Waals surface area contributed by atoms with E-state index in [4.69, 9.17) is 14.2 Å². The molecule has 0 rings (SSSR count). The molecule has 0 aliphatic carbocycles. The predicted octanol–water partition coefficient (Wildman–Crippen LogP) is 23.4. The van der Waals surface area contributed by atoms with Crippen LogP contribution in [0.15, 0.2) is 109 Å². The third kappa shape index (κ3) is 64.9. The summed E-state index contributed by atoms with van der Waals surface area (Å²) in [5.41, 5.74) is 0. The zero-order valence-corrected chi connectivity index (χ0v) is 52.6. The van der Waals surface area contributed by atoms with E-state index in [-0.39, 0.29) is 31.1 Å². The first-order valence-corrected chi connectivity index (χ1v) is 33.9. The van der Waals surface area contributed by atoms with Crippen molar-refractivity contribution in [1.29, 1.82) is 0 Å². The van der Waals surface area contributed by atoms with Gasteiger partial charge in [0, 0.05) is 19.3 Å². The van der Waals surface area contributed by atoms with Crippen molar-refractivity contribution in [1.82, 2.24) is 0 Å². The summed E-state index contributed by atoms with van der Waals surface area (Å²) in [6, 6.07) is 0. The van der Waals surface area contributed by atoms with E-state index in [0.29, 0.717) is 19.3 Å². The Bertz CT molecular complexity index is 1610. The highest BCUT2D eigenvalue weighted by molar-refractivity contribution is 5.71. The van der Waals surface area contributed by atoms with E-state index in [2.05, 4.69) is 130 Å². The van der Waals surface area contributed by atoms with Crippen molar-refractivity contribution < 1.29 is 28.6 Å². The third-order valence-corrected chi connectivity index (χ3v) is 14.5. The SMILES string of the molecule is CC/C=C\C/C=C\C/C=C\C/C=C\CCCCCCCCC(=O)OC(COC(=O)CCCCCCC/C=C\C/C=C\CCCCCC)COC(=O)CCCCCCCCCCCCCC/C=C\C/C=C\C/C=C\CCCCCCC. The van der Waals surface area contributed by atoms with Gasteiger partial charge >= 0.3 is 17.9 Å². The molecular weight excluding hydrogens is 985 g/mol. The molecule has 0 aromatic carbocycles. The van der Waals surface area contributed by atoms with Crippen molar-refractivity contribution >= 4 is 17.9 Å². The number of allylic oxidation sites excluding steroid dienone is 18. The van der Waals surface area contributed by atoms with Crippen molar-refractivity contribution in [3.8, 4) is 0 Å². The molecule has 458 valence electrons. The van der Waals surface area contributed by atoms with Crippen molar-refractivity contribution in [3.05, 3.63) is 109 Å². The van der Waals surface area contributed by atoms with Crippen LogP contribution >= 0.6 is 0 Å². The molecule has 0 aromatic heterocycles. The maximum absolute atomic E-state index is 12.9. The van der Waals surface area contributed by atoms with Gasteiger partial charge in [-0.3, -0.25) is 14.4 Å². The van der Waals surface area contributed by atoms with E-state index < -0.39 is 6.10 Å². The van der Waals surface area contributed by atoms with Crippen LogP contribution in [-0.2, 0) is 28.6 Å². The lowest BCUT2D eigenvalue weighted by Crippen LogP contribution is -2.30. The number of hydrogen-bond donors (Lipinski definition) is 0. The van der Waals surface area contributed by atoms with E-state index in [1.54, 1.807) is 0 Å². The summed E-state index contributed by atoms with van der Waals surface area (Å²) in [5, 5.41) is 0. The topological polar surface area (TPSA) is 78.9 Å². The fourth-order valence-electron chi connectivity index (χ4n) is 9.41. The summed E-state index contributed by atoms with van der Waals surface area (Å²) in [7, 11) is 0. The number of ether oxygens (including phenoxy) is 3. The number of carbonyl (C=O) groups excluding carboxylic acids is 3. The van der Waals surface area contributed by atoms with Crippen molar-refractivity contribution in [3.63, 3.8) is 0 Å². The molecule has 6 nitrogen and oxygen atoms in total. The van der Waals surface area contributed by atoms with Crippen molar-refractivity contribution in [2.24, 2.45) is 0 Å². The Morgan fingerprint density at radius 3 is 0.775 bits per heavy atom. The first kappa shape index (κ1) is 76.1. The Morgan fingerprint density at radius 1 is 0.263 bits per heavy atom. The fraction of sp³-hybridized carbons (Fsp3) is 0.716. The highest BCUT2D eigenvalue weighted by Crippen LogP contribution is 2.16. The van der Waals surface area contributed by atoms with Gasteiger partial charge in [-0.25, -0.2) is 0 Å². The Morgan fingerprint density at radius 2 is 0.487 bits per heavy atom. The van der Waals surface area contributed by atoms with Crippen molar-refractivity contribution in [2.75, 3.05) is 13.2 Å². The number of esters is 3. The van der Waals surface area contributed by atoms with Crippen molar-refractivity contribution in [2.45, 2.75) is 329 Å². The Kier molecular flexibility index (Phi) is 64.3. The van der Waals surface area contributed by atoms with Crippen LogP contribution in [0.2, 0.25) is 0 Å². The number of unbranched alkanes of at least 4 members (excludes halogenated alkanes) is 32. The van der Waals surface area contributed by atoms with E-state index in [1.807, 2.05) is 0 Å². The first-order chi connectivity index (χ1) is 39.5. The van der Waals surface area contributed by atoms with Gasteiger partial charge < -0.3 is 14.2 Å². The minimum absolute atomic E-state index is 0.0897. The molecule has 0 aliphatic rings. The largest absolute Gasteiger partial charge is 0.462 e. The summed E-state index contributed by atoms with van der Waals surface area (Å²) in [4.78, 5) is 38.4. The summed E-state index contributed by atoms with van der Waals surface area (Å²) >= 11 is 0. The van der Waals surface area contributed by atoms with Gasteiger partial charge in [0.05, 0.1) is 0 Å². The Hall–Kier alpha value is -3.93. The van der Waals surface area contributed by atoms with Crippen LogP contribution in [0.5, 0.6) is 0 Å². The molecule has 80 heavy (non-hydrogen) atoms. The summed E-state index contributed by atoms with van der Waals surface area (Å²) in [6.07, 6.45) is 92.4. The highest BCUT2D eigenvalue weighted by atomic mass is 16.6. The molecule has 0 saturated carbocycles. The molecule has 0 heterocycles. The van der Waals surface area contributed by atoms with Gasteiger partial charge in [0.2, 0.25) is 0 Å². The second-order valence-electron chi connectivity index (χ2n) is 22.3. The lowest BCUT2D eigenvalue weighted by molar-refractivity contribution is -0.167. The highest BCUT2D eigenvalue weighted by Gasteiger charge is 2.19. The molecule has 0 saturated heterocycles. The van der Waals surface area contributed by atoms with Crippen LogP contribution in [0, 0.1) is 0 Å². The van der Waals surface area contributed by atoms with Gasteiger partial charge in [0.1, 0.15) is 13.2 Å². The van der Waals surface area contributed by atoms with Gasteiger partial charge in [0.15, 0.2) is 6.10 Å². The second-order valence-corrected chi connectivity index (χ2v) is 22.3. The smallest absolute Gasteiger partial charge is 0.306 e. The Labute approximate surface area is 495 Å². The zero-order chi connectivity index (χ0) is 57.8. The van der Waals surface area contributed by atoms with E-state index in [1.165, 1.54) is 148 Å². The maximum atomic E-state index is 12.9. The summed E-state index contributed by atoms with van der Waals surface area (Å²) < 4.78 is 16.9. The normalized spacial score (nSPS) is 12.8. The molecular formula is C74H126O6. The number of carbonyl (C=O) groups is 3. The second kappa shape index (κ2) is 67.6. The van der Waals surface area contributed by atoms with E-state index >= 15 is 0 Å². The quantitative estimate of drug-likeness (QED) is 0.0261. The molecule has 0 radical (unpaired) electrons. The lowest BCUT2D eigenvalue weighted by Gasteiger charge is -2.18. The predicted molar refractivity (Wildman–Crippen MR) is 348 cm³/mol. The molecule has 0 N–H and O–H groups in total. The summed E-state index contributed by atoms with van der Waals surface area (Å²) in [5.74, 6) is -0.910. The molecule has 0 spiro atoms. The molecule has 0 aromatic rings. The third-order valence-electron chi connectivity index (χ3n) is 14.5.